The van der Waals surface area contributed by atoms with Gasteiger partial charge < -0.3 is 20.6 Å². The minimum Gasteiger partial charge on any atom is -0.507 e. The predicted octanol–water partition coefficient (Wildman–Crippen LogP) is 5.11. The number of hydrogen-bond acceptors (Lipinski definition) is 7. The van der Waals surface area contributed by atoms with Crippen molar-refractivity contribution in [3.05, 3.63) is 47.5 Å². The maximum absolute atomic E-state index is 13.2. The summed E-state index contributed by atoms with van der Waals surface area (Å²) >= 11 is 0. The van der Waals surface area contributed by atoms with Crippen LogP contribution in [0.15, 0.2) is 36.4 Å². The van der Waals surface area contributed by atoms with Gasteiger partial charge in [-0.3, -0.25) is 19.2 Å². The molecule has 0 radical (unpaired) electrons. The topological polar surface area (TPSA) is 141 Å². The lowest BCUT2D eigenvalue weighted by molar-refractivity contribution is -0.131. The van der Waals surface area contributed by atoms with Crippen molar-refractivity contribution in [2.45, 2.75) is 72.6 Å². The Kier molecular flexibility index (Phi) is 11.0. The molecule has 0 saturated heterocycles. The molecule has 0 spiro atoms. The Hall–Kier alpha value is -3.36. The van der Waals surface area contributed by atoms with Crippen molar-refractivity contribution in [2.24, 2.45) is 23.2 Å². The van der Waals surface area contributed by atoms with Gasteiger partial charge in [0.25, 0.3) is 0 Å². The van der Waals surface area contributed by atoms with Gasteiger partial charge in [0.2, 0.25) is 5.91 Å². The van der Waals surface area contributed by atoms with E-state index in [1.165, 1.54) is 13.0 Å². The van der Waals surface area contributed by atoms with Crippen molar-refractivity contribution in [1.82, 2.24) is 0 Å². The molecule has 3 rings (SSSR count). The Morgan fingerprint density at radius 2 is 1.71 bits per heavy atom. The van der Waals surface area contributed by atoms with E-state index in [9.17, 15) is 34.5 Å². The molecule has 1 aliphatic carbocycles. The number of carbonyl (C=O) groups excluding carboxylic acids is 4. The number of benzene rings is 2. The Morgan fingerprint density at radius 3 is 2.29 bits per heavy atom. The first-order valence-corrected chi connectivity index (χ1v) is 14.3. The predicted molar refractivity (Wildman–Crippen MR) is 158 cm³/mol. The fourth-order valence-corrected chi connectivity index (χ4v) is 5.73. The van der Waals surface area contributed by atoms with Gasteiger partial charge in [0.1, 0.15) is 17.3 Å². The fourth-order valence-electron chi connectivity index (χ4n) is 5.73. The van der Waals surface area contributed by atoms with Gasteiger partial charge in [-0.1, -0.05) is 39.0 Å². The van der Waals surface area contributed by atoms with Crippen LogP contribution in [0.25, 0.3) is 11.1 Å². The fraction of sp³-hybridized carbons (Fsp3) is 0.515. The molecule has 2 aromatic rings. The zero-order valence-corrected chi connectivity index (χ0v) is 24.5. The number of phenols is 1. The van der Waals surface area contributed by atoms with E-state index in [0.717, 1.165) is 17.5 Å². The van der Waals surface area contributed by atoms with Crippen LogP contribution >= 0.6 is 0 Å². The second-order valence-electron chi connectivity index (χ2n) is 12.5. The zero-order chi connectivity index (χ0) is 30.3. The van der Waals surface area contributed by atoms with Crippen molar-refractivity contribution in [3.63, 3.8) is 0 Å². The van der Waals surface area contributed by atoms with E-state index in [4.69, 9.17) is 0 Å². The summed E-state index contributed by atoms with van der Waals surface area (Å²) in [6.45, 7) is 6.99. The van der Waals surface area contributed by atoms with Crippen LogP contribution in [-0.2, 0) is 20.8 Å². The maximum Gasteiger partial charge on any atom is 0.224 e. The number of Topliss-reactive ketones (excluding diaryl/α,β-unsaturated/α-hetero) is 3. The number of amides is 1. The lowest BCUT2D eigenvalue weighted by Gasteiger charge is -2.31. The molecule has 0 saturated carbocycles. The Bertz CT molecular complexity index is 1260. The summed E-state index contributed by atoms with van der Waals surface area (Å²) in [5.41, 5.74) is 3.38. The molecule has 8 heteroatoms. The van der Waals surface area contributed by atoms with Crippen molar-refractivity contribution in [3.8, 4) is 16.9 Å². The van der Waals surface area contributed by atoms with E-state index >= 15 is 0 Å². The van der Waals surface area contributed by atoms with E-state index in [-0.39, 0.29) is 66.2 Å². The average molecular weight is 566 g/mol. The third-order valence-electron chi connectivity index (χ3n) is 7.86. The van der Waals surface area contributed by atoms with E-state index in [2.05, 4.69) is 26.1 Å². The van der Waals surface area contributed by atoms with Crippen molar-refractivity contribution in [1.29, 1.82) is 0 Å². The maximum atomic E-state index is 13.2. The van der Waals surface area contributed by atoms with Crippen LogP contribution in [0.2, 0.25) is 0 Å². The second kappa shape index (κ2) is 14.0. The molecule has 8 nitrogen and oxygen atoms in total. The van der Waals surface area contributed by atoms with Gasteiger partial charge >= 0.3 is 0 Å². The molecule has 41 heavy (non-hydrogen) atoms. The Labute approximate surface area is 242 Å². The first kappa shape index (κ1) is 32.2. The molecule has 4 N–H and O–H groups in total. The molecule has 0 heterocycles. The van der Waals surface area contributed by atoms with E-state index in [1.54, 1.807) is 6.07 Å². The molecule has 3 atom stereocenters. The molecule has 0 bridgehead atoms. The number of hydrogen-bond donors (Lipinski definition) is 4. The Morgan fingerprint density at radius 1 is 1.02 bits per heavy atom. The minimum absolute atomic E-state index is 0.0523. The third-order valence-corrected chi connectivity index (χ3v) is 7.86. The van der Waals surface area contributed by atoms with Crippen LogP contribution in [0.3, 0.4) is 0 Å². The van der Waals surface area contributed by atoms with Gasteiger partial charge in [0, 0.05) is 31.1 Å². The molecular weight excluding hydrogens is 522 g/mol. The first-order chi connectivity index (χ1) is 19.3. The summed E-state index contributed by atoms with van der Waals surface area (Å²) < 4.78 is 0. The van der Waals surface area contributed by atoms with E-state index < -0.39 is 18.4 Å². The molecule has 1 amide bonds. The van der Waals surface area contributed by atoms with E-state index in [1.807, 2.05) is 24.3 Å². The smallest absolute Gasteiger partial charge is 0.224 e. The molecule has 0 aliphatic heterocycles. The number of phenolic OH excluding ortho intramolecular Hbond substituents is 1. The zero-order valence-electron chi connectivity index (χ0n) is 24.5. The summed E-state index contributed by atoms with van der Waals surface area (Å²) in [5, 5.41) is 33.1. The number of rotatable bonds is 13. The first-order valence-electron chi connectivity index (χ1n) is 14.3. The normalized spacial score (nSPS) is 16.5. The number of nitrogens with one attached hydrogen (secondary N) is 1. The largest absolute Gasteiger partial charge is 0.507 e. The minimum atomic E-state index is -0.794. The number of fused-ring (bicyclic) bond motifs is 1. The highest BCUT2D eigenvalue weighted by Gasteiger charge is 2.35. The molecule has 222 valence electrons. The summed E-state index contributed by atoms with van der Waals surface area (Å²) in [7, 11) is 0. The van der Waals surface area contributed by atoms with Crippen LogP contribution in [0.5, 0.6) is 5.75 Å². The van der Waals surface area contributed by atoms with Gasteiger partial charge in [-0.2, -0.15) is 0 Å². The number of aliphatic hydroxyl groups excluding tert-OH is 2. The highest BCUT2D eigenvalue weighted by atomic mass is 16.3. The van der Waals surface area contributed by atoms with Gasteiger partial charge in [-0.05, 0) is 84.7 Å². The summed E-state index contributed by atoms with van der Waals surface area (Å²) in [6, 6.07) is 10.7. The SMILES string of the molecule is CC(=O)CC(=O)C(CO)C(CCO)CC1CC(=O)c2c(O)ccc(-c3ccc(NC(=O)CCC(C)(C)C)cc3)c2C1. The molecular formula is C33H43NO7. The summed E-state index contributed by atoms with van der Waals surface area (Å²) in [5.74, 6) is -2.33. The molecule has 0 aromatic heterocycles. The number of aliphatic hydroxyl groups is 2. The van der Waals surface area contributed by atoms with Crippen molar-refractivity contribution >= 4 is 28.9 Å². The van der Waals surface area contributed by atoms with Gasteiger partial charge in [-0.25, -0.2) is 0 Å². The standard InChI is InChI=1S/C33H43NO7/c1-20(37)15-29(39)27(19-36)23(12-14-35)16-21-17-26-25(9-10-28(38)32(26)30(40)18-21)22-5-7-24(8-6-22)34-31(41)11-13-33(2,3)4/h5-10,21,23,27,35-36,38H,11-19H2,1-4H3,(H,34,41). The summed E-state index contributed by atoms with van der Waals surface area (Å²) in [4.78, 5) is 49.8. The lowest BCUT2D eigenvalue weighted by atomic mass is 9.72. The third kappa shape index (κ3) is 8.81. The lowest BCUT2D eigenvalue weighted by Crippen LogP contribution is -2.32. The van der Waals surface area contributed by atoms with Crippen LogP contribution in [0, 0.1) is 23.2 Å². The van der Waals surface area contributed by atoms with Gasteiger partial charge in [-0.15, -0.1) is 0 Å². The highest BCUT2D eigenvalue weighted by molar-refractivity contribution is 6.03. The molecule has 1 aliphatic rings. The number of anilines is 1. The van der Waals surface area contributed by atoms with Gasteiger partial charge in [0.05, 0.1) is 18.6 Å². The summed E-state index contributed by atoms with van der Waals surface area (Å²) in [6.07, 6.45) is 2.24. The number of aromatic hydroxyl groups is 1. The second-order valence-corrected chi connectivity index (χ2v) is 12.5. The number of ketones is 3. The average Bonchev–Trinajstić information content (AvgIpc) is 2.88. The molecule has 0 fully saturated rings. The Balaban J connectivity index is 1.83. The monoisotopic (exact) mass is 565 g/mol. The van der Waals surface area contributed by atoms with Crippen LogP contribution < -0.4 is 5.32 Å². The number of carbonyl (C=O) groups is 4. The van der Waals surface area contributed by atoms with Crippen LogP contribution in [0.1, 0.15) is 82.1 Å². The van der Waals surface area contributed by atoms with Gasteiger partial charge in [0.15, 0.2) is 5.78 Å². The van der Waals surface area contributed by atoms with E-state index in [0.29, 0.717) is 36.1 Å². The van der Waals surface area contributed by atoms with Crippen LogP contribution in [0.4, 0.5) is 5.69 Å². The molecule has 3 unspecified atom stereocenters. The highest BCUT2D eigenvalue weighted by Crippen LogP contribution is 2.41. The van der Waals surface area contributed by atoms with Crippen LogP contribution in [-0.4, -0.2) is 51.8 Å². The quantitative estimate of drug-likeness (QED) is 0.247. The molecule has 2 aromatic carbocycles. The van der Waals surface area contributed by atoms with Crippen molar-refractivity contribution < 1.29 is 34.5 Å². The van der Waals surface area contributed by atoms with Crippen molar-refractivity contribution in [2.75, 3.05) is 18.5 Å².